The summed E-state index contributed by atoms with van der Waals surface area (Å²) in [6.45, 7) is 13.0. The lowest BCUT2D eigenvalue weighted by atomic mass is 10.0. The van der Waals surface area contributed by atoms with Crippen LogP contribution in [0.4, 0.5) is 5.69 Å². The van der Waals surface area contributed by atoms with Crippen LogP contribution in [0.1, 0.15) is 47.3 Å². The Hall–Kier alpha value is -2.31. The van der Waals surface area contributed by atoms with Crippen LogP contribution in [0.15, 0.2) is 41.3 Å². The number of thioether (sulfide) groups is 1. The third-order valence-electron chi connectivity index (χ3n) is 5.99. The van der Waals surface area contributed by atoms with E-state index in [1.54, 1.807) is 16.7 Å². The number of nitrogens with one attached hydrogen (secondary N) is 2. The maximum Gasteiger partial charge on any atom is 0.251 e. The molecule has 0 fully saturated rings. The van der Waals surface area contributed by atoms with Crippen molar-refractivity contribution in [1.82, 2.24) is 5.32 Å². The summed E-state index contributed by atoms with van der Waals surface area (Å²) < 4.78 is 0. The highest BCUT2D eigenvalue weighted by molar-refractivity contribution is 8.00. The lowest BCUT2D eigenvalue weighted by molar-refractivity contribution is -0.896. The van der Waals surface area contributed by atoms with Gasteiger partial charge in [-0.2, -0.15) is 0 Å². The van der Waals surface area contributed by atoms with E-state index in [4.69, 9.17) is 0 Å². The fourth-order valence-electron chi connectivity index (χ4n) is 3.90. The summed E-state index contributed by atoms with van der Waals surface area (Å²) in [5.74, 6) is 0.433. The highest BCUT2D eigenvalue weighted by atomic mass is 32.2. The molecule has 1 heterocycles. The van der Waals surface area contributed by atoms with Gasteiger partial charge in [-0.3, -0.25) is 9.59 Å². The number of nitrogens with zero attached hydrogens (tertiary/aromatic N) is 1. The van der Waals surface area contributed by atoms with Gasteiger partial charge in [0.2, 0.25) is 5.91 Å². The van der Waals surface area contributed by atoms with Crippen molar-refractivity contribution in [3.8, 4) is 0 Å². The van der Waals surface area contributed by atoms with Crippen molar-refractivity contribution in [1.29, 1.82) is 0 Å². The van der Waals surface area contributed by atoms with Gasteiger partial charge in [-0.15, -0.1) is 11.8 Å². The molecule has 2 N–H and O–H groups in total. The standard InChI is InChI=1S/C25H33N3O2S/c1-5-27(6-2)13-7-12-26-25(30)20-10-11-23-22(15-20)28(24(29)17-31-23)16-21-14-18(3)8-9-19(21)4/h8-11,14-15H,5-7,12-13,16-17H2,1-4H3,(H,26,30)/p+1. The second kappa shape index (κ2) is 10.8. The molecular weight excluding hydrogens is 406 g/mol. The van der Waals surface area contributed by atoms with Crippen LogP contribution in [0.25, 0.3) is 0 Å². The summed E-state index contributed by atoms with van der Waals surface area (Å²) in [5.41, 5.74) is 4.93. The maximum absolute atomic E-state index is 12.8. The first kappa shape index (κ1) is 23.4. The summed E-state index contributed by atoms with van der Waals surface area (Å²) in [4.78, 5) is 29.9. The normalized spacial score (nSPS) is 13.5. The van der Waals surface area contributed by atoms with E-state index in [9.17, 15) is 9.59 Å². The zero-order valence-electron chi connectivity index (χ0n) is 19.1. The number of quaternary nitrogens is 1. The molecule has 2 amide bonds. The van der Waals surface area contributed by atoms with E-state index in [0.717, 1.165) is 42.2 Å². The number of aryl methyl sites for hydroxylation is 2. The monoisotopic (exact) mass is 440 g/mol. The smallest absolute Gasteiger partial charge is 0.251 e. The van der Waals surface area contributed by atoms with E-state index < -0.39 is 0 Å². The Labute approximate surface area is 190 Å². The molecule has 1 aliphatic rings. The van der Waals surface area contributed by atoms with Crippen LogP contribution in [-0.2, 0) is 11.3 Å². The van der Waals surface area contributed by atoms with Crippen molar-refractivity contribution < 1.29 is 14.5 Å². The topological polar surface area (TPSA) is 53.9 Å². The number of carbonyl (C=O) groups is 2. The number of hydrogen-bond donors (Lipinski definition) is 2. The molecule has 0 saturated carbocycles. The van der Waals surface area contributed by atoms with E-state index >= 15 is 0 Å². The molecular formula is C25H34N3O2S+. The highest BCUT2D eigenvalue weighted by Gasteiger charge is 2.26. The maximum atomic E-state index is 12.8. The van der Waals surface area contributed by atoms with Gasteiger partial charge in [-0.1, -0.05) is 23.8 Å². The minimum atomic E-state index is -0.0768. The van der Waals surface area contributed by atoms with Gasteiger partial charge in [0.25, 0.3) is 5.91 Å². The van der Waals surface area contributed by atoms with Gasteiger partial charge in [0.1, 0.15) is 0 Å². The summed E-state index contributed by atoms with van der Waals surface area (Å²) in [6.07, 6.45) is 0.959. The van der Waals surface area contributed by atoms with Crippen molar-refractivity contribution in [2.45, 2.75) is 45.6 Å². The van der Waals surface area contributed by atoms with Gasteiger partial charge in [-0.05, 0) is 57.0 Å². The number of amides is 2. The molecule has 166 valence electrons. The number of rotatable bonds is 9. The molecule has 2 aromatic rings. The Morgan fingerprint density at radius 3 is 2.65 bits per heavy atom. The zero-order valence-corrected chi connectivity index (χ0v) is 19.9. The lowest BCUT2D eigenvalue weighted by Gasteiger charge is -2.30. The first-order chi connectivity index (χ1) is 14.9. The average Bonchev–Trinajstić information content (AvgIpc) is 2.77. The van der Waals surface area contributed by atoms with Gasteiger partial charge in [0, 0.05) is 23.4 Å². The average molecular weight is 441 g/mol. The van der Waals surface area contributed by atoms with Crippen molar-refractivity contribution in [2.75, 3.05) is 36.8 Å². The summed E-state index contributed by atoms with van der Waals surface area (Å²) in [7, 11) is 0. The molecule has 0 aromatic heterocycles. The van der Waals surface area contributed by atoms with Crippen LogP contribution in [-0.4, -0.2) is 43.7 Å². The molecule has 31 heavy (non-hydrogen) atoms. The number of fused-ring (bicyclic) bond motifs is 1. The van der Waals surface area contributed by atoms with E-state index in [1.165, 1.54) is 11.1 Å². The van der Waals surface area contributed by atoms with Crippen LogP contribution in [0.5, 0.6) is 0 Å². The third kappa shape index (κ3) is 5.89. The SMILES string of the molecule is CC[NH+](CC)CCCNC(=O)c1ccc2c(c1)N(Cc1cc(C)ccc1C)C(=O)CS2. The zero-order chi connectivity index (χ0) is 22.4. The molecule has 1 aliphatic heterocycles. The van der Waals surface area contributed by atoms with E-state index in [0.29, 0.717) is 24.4 Å². The van der Waals surface area contributed by atoms with Crippen LogP contribution in [0.2, 0.25) is 0 Å². The summed E-state index contributed by atoms with van der Waals surface area (Å²) in [5, 5.41) is 3.04. The van der Waals surface area contributed by atoms with Gasteiger partial charge in [0.15, 0.2) is 0 Å². The molecule has 2 aromatic carbocycles. The van der Waals surface area contributed by atoms with E-state index in [2.05, 4.69) is 51.2 Å². The van der Waals surface area contributed by atoms with Gasteiger partial charge < -0.3 is 15.1 Å². The predicted octanol–water partition coefficient (Wildman–Crippen LogP) is 2.99. The molecule has 0 aliphatic carbocycles. The predicted molar refractivity (Wildman–Crippen MR) is 128 cm³/mol. The van der Waals surface area contributed by atoms with Gasteiger partial charge >= 0.3 is 0 Å². The molecule has 5 nitrogen and oxygen atoms in total. The molecule has 0 spiro atoms. The van der Waals surface area contributed by atoms with Crippen LogP contribution in [0.3, 0.4) is 0 Å². The fraction of sp³-hybridized carbons (Fsp3) is 0.440. The highest BCUT2D eigenvalue weighted by Crippen LogP contribution is 2.37. The molecule has 0 radical (unpaired) electrons. The molecule has 0 unspecified atom stereocenters. The summed E-state index contributed by atoms with van der Waals surface area (Å²) >= 11 is 1.54. The van der Waals surface area contributed by atoms with Crippen LogP contribution >= 0.6 is 11.8 Å². The third-order valence-corrected chi connectivity index (χ3v) is 7.04. The second-order valence-electron chi connectivity index (χ2n) is 8.20. The Morgan fingerprint density at radius 1 is 1.13 bits per heavy atom. The largest absolute Gasteiger partial charge is 0.352 e. The van der Waals surface area contributed by atoms with Crippen LogP contribution < -0.4 is 15.1 Å². The first-order valence-corrected chi connectivity index (χ1v) is 12.2. The van der Waals surface area contributed by atoms with Crippen molar-refractivity contribution >= 4 is 29.3 Å². The Balaban J connectivity index is 1.73. The Bertz CT molecular complexity index is 940. The Morgan fingerprint density at radius 2 is 1.90 bits per heavy atom. The van der Waals surface area contributed by atoms with Crippen LogP contribution in [0, 0.1) is 13.8 Å². The minimum Gasteiger partial charge on any atom is -0.352 e. The molecule has 0 bridgehead atoms. The molecule has 3 rings (SSSR count). The van der Waals surface area contributed by atoms with E-state index in [1.807, 2.05) is 23.1 Å². The number of carbonyl (C=O) groups excluding carboxylic acids is 2. The molecule has 6 heteroatoms. The van der Waals surface area contributed by atoms with E-state index in [-0.39, 0.29) is 11.8 Å². The molecule has 0 atom stereocenters. The Kier molecular flexibility index (Phi) is 8.15. The number of benzene rings is 2. The van der Waals surface area contributed by atoms with Gasteiger partial charge in [-0.25, -0.2) is 0 Å². The minimum absolute atomic E-state index is 0.0768. The van der Waals surface area contributed by atoms with Crippen molar-refractivity contribution in [3.63, 3.8) is 0 Å². The van der Waals surface area contributed by atoms with Crippen molar-refractivity contribution in [2.24, 2.45) is 0 Å². The van der Waals surface area contributed by atoms with Crippen molar-refractivity contribution in [3.05, 3.63) is 58.7 Å². The quantitative estimate of drug-likeness (QED) is 0.590. The lowest BCUT2D eigenvalue weighted by Crippen LogP contribution is -3.11. The summed E-state index contributed by atoms with van der Waals surface area (Å²) in [6, 6.07) is 12.0. The second-order valence-corrected chi connectivity index (χ2v) is 9.21. The fourth-order valence-corrected chi connectivity index (χ4v) is 4.82. The first-order valence-electron chi connectivity index (χ1n) is 11.2. The number of hydrogen-bond acceptors (Lipinski definition) is 3. The number of anilines is 1. The molecule has 0 saturated heterocycles. The van der Waals surface area contributed by atoms with Gasteiger partial charge in [0.05, 0.1) is 37.6 Å².